The largest absolute Gasteiger partial charge is 0.330 e. The SMILES string of the molecule is Cc1ccc(-c2cc(C(=O)N(Cc3ccccc3)Cc3ccccc3)c3c(C)nn(C4CCS(=O)(=O)C4)c3n2)cc1. The van der Waals surface area contributed by atoms with E-state index >= 15 is 0 Å². The lowest BCUT2D eigenvalue weighted by Gasteiger charge is -2.24. The summed E-state index contributed by atoms with van der Waals surface area (Å²) >= 11 is 0. The van der Waals surface area contributed by atoms with Crippen molar-refractivity contribution in [1.29, 1.82) is 0 Å². The Labute approximate surface area is 240 Å². The fourth-order valence-electron chi connectivity index (χ4n) is 5.55. The van der Waals surface area contributed by atoms with Crippen LogP contribution in [0.25, 0.3) is 22.3 Å². The van der Waals surface area contributed by atoms with Crippen LogP contribution in [0.15, 0.2) is 91.0 Å². The Hall–Kier alpha value is -4.30. The zero-order valence-electron chi connectivity index (χ0n) is 23.2. The maximum atomic E-state index is 14.6. The second kappa shape index (κ2) is 10.9. The number of pyridine rings is 1. The van der Waals surface area contributed by atoms with E-state index in [2.05, 4.69) is 0 Å². The molecule has 5 aromatic rings. The molecular weight excluding hydrogens is 532 g/mol. The van der Waals surface area contributed by atoms with Gasteiger partial charge >= 0.3 is 0 Å². The van der Waals surface area contributed by atoms with Crippen molar-refractivity contribution in [1.82, 2.24) is 19.7 Å². The molecule has 0 spiro atoms. The lowest BCUT2D eigenvalue weighted by Crippen LogP contribution is -2.30. The average Bonchev–Trinajstić information content (AvgIpc) is 3.51. The Kier molecular flexibility index (Phi) is 7.17. The number of rotatable bonds is 7. The molecule has 3 aromatic carbocycles. The van der Waals surface area contributed by atoms with Gasteiger partial charge < -0.3 is 4.90 Å². The molecule has 2 aromatic heterocycles. The minimum absolute atomic E-state index is 0.0249. The summed E-state index contributed by atoms with van der Waals surface area (Å²) in [6.45, 7) is 4.77. The third-order valence-electron chi connectivity index (χ3n) is 7.69. The van der Waals surface area contributed by atoms with Crippen LogP contribution in [0.3, 0.4) is 0 Å². The normalized spacial score (nSPS) is 16.2. The number of amides is 1. The Morgan fingerprint density at radius 2 is 1.51 bits per heavy atom. The lowest BCUT2D eigenvalue weighted by atomic mass is 10.0. The number of aryl methyl sites for hydroxylation is 2. The van der Waals surface area contributed by atoms with E-state index in [9.17, 15) is 13.2 Å². The van der Waals surface area contributed by atoms with Crippen LogP contribution in [0, 0.1) is 13.8 Å². The van der Waals surface area contributed by atoms with Crippen LogP contribution in [0.4, 0.5) is 0 Å². The van der Waals surface area contributed by atoms with Gasteiger partial charge in [-0.05, 0) is 37.5 Å². The van der Waals surface area contributed by atoms with Crippen LogP contribution in [0.5, 0.6) is 0 Å². The van der Waals surface area contributed by atoms with Crippen molar-refractivity contribution in [3.05, 3.63) is 119 Å². The van der Waals surface area contributed by atoms with Crippen molar-refractivity contribution in [3.63, 3.8) is 0 Å². The highest BCUT2D eigenvalue weighted by atomic mass is 32.2. The Bertz CT molecular complexity index is 1770. The fourth-order valence-corrected chi connectivity index (χ4v) is 7.25. The van der Waals surface area contributed by atoms with Gasteiger partial charge in [-0.3, -0.25) is 4.79 Å². The van der Waals surface area contributed by atoms with Crippen LogP contribution in [-0.2, 0) is 22.9 Å². The molecule has 0 radical (unpaired) electrons. The molecule has 0 saturated carbocycles. The highest BCUT2D eigenvalue weighted by Gasteiger charge is 2.33. The highest BCUT2D eigenvalue weighted by Crippen LogP contribution is 2.33. The van der Waals surface area contributed by atoms with Crippen LogP contribution in [-0.4, -0.2) is 45.5 Å². The van der Waals surface area contributed by atoms with E-state index in [1.54, 1.807) is 4.68 Å². The summed E-state index contributed by atoms with van der Waals surface area (Å²) in [6.07, 6.45) is 0.479. The number of carbonyl (C=O) groups excluding carboxylic acids is 1. The third-order valence-corrected chi connectivity index (χ3v) is 9.44. The van der Waals surface area contributed by atoms with Gasteiger partial charge in [-0.25, -0.2) is 18.1 Å². The first kappa shape index (κ1) is 26.9. The first-order valence-corrected chi connectivity index (χ1v) is 15.6. The van der Waals surface area contributed by atoms with E-state index in [0.29, 0.717) is 47.5 Å². The summed E-state index contributed by atoms with van der Waals surface area (Å²) in [6, 6.07) is 29.5. The number of fused-ring (bicyclic) bond motifs is 1. The topological polar surface area (TPSA) is 85.2 Å². The Morgan fingerprint density at radius 1 is 0.902 bits per heavy atom. The summed E-state index contributed by atoms with van der Waals surface area (Å²) in [7, 11) is -3.14. The number of carbonyl (C=O) groups is 1. The minimum Gasteiger partial charge on any atom is -0.330 e. The lowest BCUT2D eigenvalue weighted by molar-refractivity contribution is 0.0732. The van der Waals surface area contributed by atoms with Gasteiger partial charge in [0.15, 0.2) is 15.5 Å². The van der Waals surface area contributed by atoms with E-state index in [0.717, 1.165) is 22.3 Å². The zero-order valence-corrected chi connectivity index (χ0v) is 24.0. The monoisotopic (exact) mass is 564 g/mol. The van der Waals surface area contributed by atoms with E-state index in [1.807, 2.05) is 110 Å². The molecule has 1 aliphatic rings. The molecule has 3 heterocycles. The van der Waals surface area contributed by atoms with Crippen molar-refractivity contribution in [2.75, 3.05) is 11.5 Å². The molecule has 1 atom stereocenters. The molecule has 1 amide bonds. The molecule has 1 aliphatic heterocycles. The molecule has 1 saturated heterocycles. The van der Waals surface area contributed by atoms with Gasteiger partial charge in [0.25, 0.3) is 5.91 Å². The molecule has 208 valence electrons. The molecule has 0 bridgehead atoms. The van der Waals surface area contributed by atoms with Gasteiger partial charge in [-0.2, -0.15) is 5.10 Å². The van der Waals surface area contributed by atoms with Crippen molar-refractivity contribution >= 4 is 26.8 Å². The van der Waals surface area contributed by atoms with Crippen molar-refractivity contribution in [2.24, 2.45) is 0 Å². The third kappa shape index (κ3) is 5.65. The maximum Gasteiger partial charge on any atom is 0.255 e. The van der Waals surface area contributed by atoms with Crippen LogP contribution < -0.4 is 0 Å². The maximum absolute atomic E-state index is 14.6. The standard InChI is InChI=1S/C33H32N4O3S/c1-23-13-15-27(16-14-23)30-19-29(31-24(2)35-37(32(31)34-30)28-17-18-41(39,40)22-28)33(38)36(20-25-9-5-3-6-10-25)21-26-11-7-4-8-12-26/h3-16,19,28H,17-18,20-22H2,1-2H3. The van der Waals surface area contributed by atoms with Crippen molar-refractivity contribution < 1.29 is 13.2 Å². The molecule has 7 nitrogen and oxygen atoms in total. The van der Waals surface area contributed by atoms with Crippen molar-refractivity contribution in [2.45, 2.75) is 39.4 Å². The van der Waals surface area contributed by atoms with Gasteiger partial charge in [0.05, 0.1) is 39.9 Å². The first-order valence-electron chi connectivity index (χ1n) is 13.8. The average molecular weight is 565 g/mol. The summed E-state index contributed by atoms with van der Waals surface area (Å²) in [4.78, 5) is 21.4. The van der Waals surface area contributed by atoms with E-state index in [4.69, 9.17) is 10.1 Å². The predicted octanol–water partition coefficient (Wildman–Crippen LogP) is 5.92. The molecule has 41 heavy (non-hydrogen) atoms. The number of hydrogen-bond donors (Lipinski definition) is 0. The summed E-state index contributed by atoms with van der Waals surface area (Å²) in [5.41, 5.74) is 6.45. The molecule has 8 heteroatoms. The molecule has 6 rings (SSSR count). The number of nitrogens with zero attached hydrogens (tertiary/aromatic N) is 4. The Morgan fingerprint density at radius 3 is 2.07 bits per heavy atom. The predicted molar refractivity (Wildman–Crippen MR) is 161 cm³/mol. The first-order chi connectivity index (χ1) is 19.8. The smallest absolute Gasteiger partial charge is 0.255 e. The fraction of sp³-hybridized carbons (Fsp3) is 0.242. The van der Waals surface area contributed by atoms with Gasteiger partial charge in [-0.1, -0.05) is 90.5 Å². The second-order valence-corrected chi connectivity index (χ2v) is 13.1. The minimum atomic E-state index is -3.14. The quantitative estimate of drug-likeness (QED) is 0.245. The molecule has 0 aliphatic carbocycles. The number of hydrogen-bond acceptors (Lipinski definition) is 5. The van der Waals surface area contributed by atoms with Gasteiger partial charge in [0, 0.05) is 18.7 Å². The van der Waals surface area contributed by atoms with Gasteiger partial charge in [0.1, 0.15) is 0 Å². The van der Waals surface area contributed by atoms with Crippen molar-refractivity contribution in [3.8, 4) is 11.3 Å². The molecular formula is C33H32N4O3S. The summed E-state index contributed by atoms with van der Waals surface area (Å²) in [5, 5.41) is 5.44. The molecule has 1 unspecified atom stereocenters. The van der Waals surface area contributed by atoms with E-state index in [-0.39, 0.29) is 23.5 Å². The Balaban J connectivity index is 1.51. The van der Waals surface area contributed by atoms with Crippen LogP contribution >= 0.6 is 0 Å². The summed E-state index contributed by atoms with van der Waals surface area (Å²) in [5.74, 6) is 0.0284. The van der Waals surface area contributed by atoms with E-state index in [1.165, 1.54) is 0 Å². The number of benzene rings is 3. The van der Waals surface area contributed by atoms with Crippen LogP contribution in [0.2, 0.25) is 0 Å². The molecule has 0 N–H and O–H groups in total. The highest BCUT2D eigenvalue weighted by molar-refractivity contribution is 7.91. The number of sulfone groups is 1. The molecule has 1 fully saturated rings. The van der Waals surface area contributed by atoms with E-state index < -0.39 is 9.84 Å². The number of aromatic nitrogens is 3. The van der Waals surface area contributed by atoms with Crippen LogP contribution in [0.1, 0.15) is 45.2 Å². The van der Waals surface area contributed by atoms with Gasteiger partial charge in [-0.15, -0.1) is 0 Å². The summed E-state index contributed by atoms with van der Waals surface area (Å²) < 4.78 is 26.5. The van der Waals surface area contributed by atoms with Gasteiger partial charge in [0.2, 0.25) is 0 Å². The second-order valence-electron chi connectivity index (χ2n) is 10.8. The zero-order chi connectivity index (χ0) is 28.6.